The average Bonchev–Trinajstić information content (AvgIpc) is 3.33. The van der Waals surface area contributed by atoms with Crippen LogP contribution in [0, 0.1) is 0 Å². The van der Waals surface area contributed by atoms with Gasteiger partial charge in [-0.25, -0.2) is 0 Å². The lowest BCUT2D eigenvalue weighted by Crippen LogP contribution is -2.22. The first kappa shape index (κ1) is 17.2. The van der Waals surface area contributed by atoms with Gasteiger partial charge < -0.3 is 14.5 Å². The van der Waals surface area contributed by atoms with Crippen molar-refractivity contribution in [2.24, 2.45) is 7.05 Å². The summed E-state index contributed by atoms with van der Waals surface area (Å²) < 4.78 is 4.22. The van der Waals surface area contributed by atoms with Gasteiger partial charge in [-0.3, -0.25) is 14.9 Å². The van der Waals surface area contributed by atoms with E-state index in [0.717, 1.165) is 52.6 Å². The molecule has 0 fully saturated rings. The summed E-state index contributed by atoms with van der Waals surface area (Å²) >= 11 is 0. The van der Waals surface area contributed by atoms with Gasteiger partial charge in [0.25, 0.3) is 11.8 Å². The maximum Gasteiger partial charge on any atom is 0.259 e. The first-order chi connectivity index (χ1) is 14.6. The zero-order valence-corrected chi connectivity index (χ0v) is 16.5. The molecule has 6 heteroatoms. The number of amides is 2. The third-order valence-electron chi connectivity index (χ3n) is 6.22. The summed E-state index contributed by atoms with van der Waals surface area (Å²) in [7, 11) is 1.98. The number of rotatable bonds is 2. The molecule has 2 aliphatic rings. The fourth-order valence-electron chi connectivity index (χ4n) is 4.87. The van der Waals surface area contributed by atoms with Crippen molar-refractivity contribution in [2.75, 3.05) is 6.54 Å². The third-order valence-corrected chi connectivity index (χ3v) is 6.22. The van der Waals surface area contributed by atoms with Crippen LogP contribution in [0.2, 0.25) is 0 Å². The summed E-state index contributed by atoms with van der Waals surface area (Å²) in [5, 5.41) is 7.95. The minimum Gasteiger partial charge on any atom is -0.351 e. The summed E-state index contributed by atoms with van der Waals surface area (Å²) in [6, 6.07) is 14.0. The lowest BCUT2D eigenvalue weighted by atomic mass is 9.93. The molecular weight excluding hydrogens is 376 g/mol. The number of nitrogens with zero attached hydrogens (tertiary/aromatic N) is 2. The van der Waals surface area contributed by atoms with E-state index in [1.165, 1.54) is 5.56 Å². The van der Waals surface area contributed by atoms with E-state index in [0.29, 0.717) is 11.1 Å². The number of carbonyl (C=O) groups excluding carboxylic acids is 2. The van der Waals surface area contributed by atoms with Gasteiger partial charge in [0.15, 0.2) is 0 Å². The first-order valence-corrected chi connectivity index (χ1v) is 10.1. The Bertz CT molecular complexity index is 1420. The van der Waals surface area contributed by atoms with E-state index < -0.39 is 0 Å². The standard InChI is InChI=1S/C24H20N4O2/c1-27-10-8-15-16(5-3-7-19(15)27)20-21(24(30)26-23(20)29)18-13-28-11-9-25-12-14-4-2-6-17(18)22(14)28/h2-8,10,13,25H,9,11-12H2,1H3,(H,26,29,30). The molecular formula is C24H20N4O2. The molecule has 2 amide bonds. The highest BCUT2D eigenvalue weighted by Crippen LogP contribution is 2.39. The van der Waals surface area contributed by atoms with E-state index >= 15 is 0 Å². The van der Waals surface area contributed by atoms with Crippen molar-refractivity contribution in [2.45, 2.75) is 13.1 Å². The van der Waals surface area contributed by atoms with Gasteiger partial charge >= 0.3 is 0 Å². The second-order valence-electron chi connectivity index (χ2n) is 7.92. The van der Waals surface area contributed by atoms with Gasteiger partial charge in [-0.05, 0) is 23.3 Å². The van der Waals surface area contributed by atoms with E-state index in [1.807, 2.05) is 60.4 Å². The predicted octanol–water partition coefficient (Wildman–Crippen LogP) is 2.80. The molecule has 0 radical (unpaired) electrons. The zero-order valence-electron chi connectivity index (χ0n) is 16.5. The second kappa shape index (κ2) is 6.18. The molecule has 6 rings (SSSR count). The van der Waals surface area contributed by atoms with E-state index in [9.17, 15) is 9.59 Å². The SMILES string of the molecule is Cn1ccc2c(C3=C(c4cn5c6c(cccc46)CNCC5)C(=O)NC3=O)cccc21. The highest BCUT2D eigenvalue weighted by molar-refractivity contribution is 6.50. The molecule has 148 valence electrons. The fraction of sp³-hybridized carbons (Fsp3) is 0.167. The minimum atomic E-state index is -0.336. The molecule has 0 saturated carbocycles. The van der Waals surface area contributed by atoms with Crippen molar-refractivity contribution < 1.29 is 9.59 Å². The molecule has 2 aromatic heterocycles. The predicted molar refractivity (Wildman–Crippen MR) is 117 cm³/mol. The van der Waals surface area contributed by atoms with Crippen LogP contribution in [0.15, 0.2) is 54.9 Å². The van der Waals surface area contributed by atoms with Crippen LogP contribution in [0.5, 0.6) is 0 Å². The van der Waals surface area contributed by atoms with Gasteiger partial charge in [-0.2, -0.15) is 0 Å². The summed E-state index contributed by atoms with van der Waals surface area (Å²) in [5.41, 5.74) is 5.89. The van der Waals surface area contributed by atoms with Crippen molar-refractivity contribution >= 4 is 44.8 Å². The van der Waals surface area contributed by atoms with Gasteiger partial charge in [0.05, 0.1) is 16.7 Å². The van der Waals surface area contributed by atoms with Crippen molar-refractivity contribution in [3.63, 3.8) is 0 Å². The molecule has 6 nitrogen and oxygen atoms in total. The van der Waals surface area contributed by atoms with Gasteiger partial charge in [0, 0.05) is 60.9 Å². The maximum atomic E-state index is 13.0. The molecule has 2 aliphatic heterocycles. The molecule has 4 aromatic rings. The van der Waals surface area contributed by atoms with Crippen molar-refractivity contribution in [3.05, 3.63) is 71.5 Å². The Morgan fingerprint density at radius 2 is 1.70 bits per heavy atom. The molecule has 2 N–H and O–H groups in total. The monoisotopic (exact) mass is 396 g/mol. The molecule has 0 unspecified atom stereocenters. The van der Waals surface area contributed by atoms with Crippen LogP contribution in [0.3, 0.4) is 0 Å². The molecule has 0 atom stereocenters. The van der Waals surface area contributed by atoms with Crippen LogP contribution in [0.25, 0.3) is 33.0 Å². The highest BCUT2D eigenvalue weighted by atomic mass is 16.2. The van der Waals surface area contributed by atoms with Gasteiger partial charge in [-0.15, -0.1) is 0 Å². The largest absolute Gasteiger partial charge is 0.351 e. The first-order valence-electron chi connectivity index (χ1n) is 10.1. The fourth-order valence-corrected chi connectivity index (χ4v) is 4.87. The quantitative estimate of drug-likeness (QED) is 0.512. The van der Waals surface area contributed by atoms with Crippen LogP contribution in [0.1, 0.15) is 16.7 Å². The Morgan fingerprint density at radius 3 is 2.57 bits per heavy atom. The molecule has 0 bridgehead atoms. The molecule has 0 spiro atoms. The van der Waals surface area contributed by atoms with Crippen LogP contribution >= 0.6 is 0 Å². The molecule has 30 heavy (non-hydrogen) atoms. The van der Waals surface area contributed by atoms with Gasteiger partial charge in [-0.1, -0.05) is 30.3 Å². The number of imide groups is 1. The Morgan fingerprint density at radius 1 is 0.900 bits per heavy atom. The Hall–Kier alpha value is -3.64. The molecule has 2 aromatic carbocycles. The minimum absolute atomic E-state index is 0.331. The number of carbonyl (C=O) groups is 2. The lowest BCUT2D eigenvalue weighted by molar-refractivity contribution is -0.122. The summed E-state index contributed by atoms with van der Waals surface area (Å²) in [6.45, 7) is 2.47. The Balaban J connectivity index is 1.69. The van der Waals surface area contributed by atoms with Crippen LogP contribution in [0.4, 0.5) is 0 Å². The number of aryl methyl sites for hydroxylation is 1. The number of nitrogens with one attached hydrogen (secondary N) is 2. The lowest BCUT2D eigenvalue weighted by Gasteiger charge is -2.07. The topological polar surface area (TPSA) is 68.1 Å². The van der Waals surface area contributed by atoms with Crippen LogP contribution in [-0.4, -0.2) is 27.5 Å². The van der Waals surface area contributed by atoms with Crippen molar-refractivity contribution in [1.82, 2.24) is 19.8 Å². The zero-order chi connectivity index (χ0) is 20.4. The van der Waals surface area contributed by atoms with E-state index in [4.69, 9.17) is 0 Å². The maximum absolute atomic E-state index is 13.0. The summed E-state index contributed by atoms with van der Waals surface area (Å²) in [6.07, 6.45) is 4.00. The Labute approximate surface area is 172 Å². The highest BCUT2D eigenvalue weighted by Gasteiger charge is 2.35. The van der Waals surface area contributed by atoms with Crippen LogP contribution < -0.4 is 10.6 Å². The smallest absolute Gasteiger partial charge is 0.259 e. The van der Waals surface area contributed by atoms with E-state index in [2.05, 4.69) is 21.3 Å². The number of fused-ring (bicyclic) bond motifs is 1. The number of aromatic nitrogens is 2. The van der Waals surface area contributed by atoms with Gasteiger partial charge in [0.2, 0.25) is 0 Å². The second-order valence-corrected chi connectivity index (χ2v) is 7.92. The number of hydrogen-bond acceptors (Lipinski definition) is 3. The molecule has 4 heterocycles. The summed E-state index contributed by atoms with van der Waals surface area (Å²) in [4.78, 5) is 26.0. The Kier molecular flexibility index (Phi) is 3.55. The number of hydrogen-bond donors (Lipinski definition) is 2. The van der Waals surface area contributed by atoms with Gasteiger partial charge in [0.1, 0.15) is 0 Å². The van der Waals surface area contributed by atoms with Crippen LogP contribution in [-0.2, 0) is 29.7 Å². The van der Waals surface area contributed by atoms with E-state index in [1.54, 1.807) is 0 Å². The normalized spacial score (nSPS) is 16.6. The number of benzene rings is 2. The summed E-state index contributed by atoms with van der Waals surface area (Å²) in [5.74, 6) is -0.667. The van der Waals surface area contributed by atoms with E-state index in [-0.39, 0.29) is 11.8 Å². The third kappa shape index (κ3) is 2.28. The molecule has 0 saturated heterocycles. The molecule has 0 aliphatic carbocycles. The van der Waals surface area contributed by atoms with Crippen molar-refractivity contribution in [1.29, 1.82) is 0 Å². The number of para-hydroxylation sites is 1. The van der Waals surface area contributed by atoms with Crippen molar-refractivity contribution in [3.8, 4) is 0 Å². The average molecular weight is 396 g/mol.